The lowest BCUT2D eigenvalue weighted by Crippen LogP contribution is -2.38. The molecular weight excluding hydrogens is 370 g/mol. The number of piperidine rings is 1. The Kier molecular flexibility index (Phi) is 5.03. The van der Waals surface area contributed by atoms with E-state index in [1.165, 1.54) is 12.1 Å². The summed E-state index contributed by atoms with van der Waals surface area (Å²) in [6.45, 7) is -2.40. The maximum atomic E-state index is 13.2. The average molecular weight is 388 g/mol. The molecule has 1 saturated heterocycles. The van der Waals surface area contributed by atoms with Crippen LogP contribution in [0.15, 0.2) is 48.5 Å². The molecule has 140 valence electrons. The zero-order chi connectivity index (χ0) is 18.8. The number of hydrogen-bond acceptors (Lipinski definition) is 4. The summed E-state index contributed by atoms with van der Waals surface area (Å²) in [7, 11) is 0. The number of benzene rings is 2. The van der Waals surface area contributed by atoms with Crippen LogP contribution in [0.2, 0.25) is 0 Å². The summed E-state index contributed by atoms with van der Waals surface area (Å²) in [5, 5.41) is 0.886. The van der Waals surface area contributed by atoms with E-state index in [4.69, 9.17) is 4.98 Å². The molecule has 1 atom stereocenters. The molecule has 0 radical (unpaired) electrons. The molecule has 0 spiro atoms. The Morgan fingerprint density at radius 2 is 1.93 bits per heavy atom. The number of carbonyl (C=O) groups is 1. The summed E-state index contributed by atoms with van der Waals surface area (Å²) in [6, 6.07) is 13.9. The second-order valence-electron chi connectivity index (χ2n) is 6.40. The number of carbonyl (C=O) groups excluding carboxylic acids is 1. The monoisotopic (exact) mass is 388 g/mol. The van der Waals surface area contributed by atoms with Gasteiger partial charge in [-0.25, -0.2) is 4.98 Å². The Labute approximate surface area is 159 Å². The molecule has 2 heterocycles. The number of ether oxygens (including phenoxy) is 1. The molecule has 2 aromatic carbocycles. The molecule has 1 unspecified atom stereocenters. The van der Waals surface area contributed by atoms with Crippen molar-refractivity contribution in [2.45, 2.75) is 31.9 Å². The van der Waals surface area contributed by atoms with Crippen molar-refractivity contribution in [3.05, 3.63) is 59.1 Å². The van der Waals surface area contributed by atoms with Gasteiger partial charge in [-0.3, -0.25) is 4.79 Å². The molecule has 3 aromatic rings. The summed E-state index contributed by atoms with van der Waals surface area (Å²) in [6.07, 6.45) is 2.69. The molecule has 1 amide bonds. The fourth-order valence-electron chi connectivity index (χ4n) is 3.46. The molecule has 0 saturated carbocycles. The number of thiazole rings is 1. The van der Waals surface area contributed by atoms with Crippen LogP contribution < -0.4 is 4.74 Å². The third-order valence-corrected chi connectivity index (χ3v) is 5.83. The lowest BCUT2D eigenvalue weighted by molar-refractivity contribution is -0.0503. The predicted molar refractivity (Wildman–Crippen MR) is 100 cm³/mol. The Morgan fingerprint density at radius 1 is 1.15 bits per heavy atom. The molecule has 0 N–H and O–H groups in total. The molecule has 27 heavy (non-hydrogen) atoms. The summed E-state index contributed by atoms with van der Waals surface area (Å²) < 4.78 is 31.0. The summed E-state index contributed by atoms with van der Waals surface area (Å²) >= 11 is 1.58. The maximum Gasteiger partial charge on any atom is 0.387 e. The first kappa shape index (κ1) is 17.9. The van der Waals surface area contributed by atoms with E-state index in [9.17, 15) is 13.6 Å². The first-order valence-corrected chi connectivity index (χ1v) is 9.65. The van der Waals surface area contributed by atoms with Crippen LogP contribution in [0.25, 0.3) is 10.2 Å². The summed E-state index contributed by atoms with van der Waals surface area (Å²) in [5.74, 6) is -0.388. The van der Waals surface area contributed by atoms with Crippen LogP contribution in [-0.2, 0) is 0 Å². The molecule has 0 bridgehead atoms. The van der Waals surface area contributed by atoms with Crippen LogP contribution in [0.5, 0.6) is 5.75 Å². The normalized spacial score (nSPS) is 17.4. The second-order valence-corrected chi connectivity index (χ2v) is 7.47. The maximum absolute atomic E-state index is 13.2. The largest absolute Gasteiger partial charge is 0.434 e. The zero-order valence-electron chi connectivity index (χ0n) is 14.5. The van der Waals surface area contributed by atoms with Gasteiger partial charge in [0.25, 0.3) is 5.91 Å². The molecular formula is C20H18F2N2O2S. The first-order chi connectivity index (χ1) is 13.1. The van der Waals surface area contributed by atoms with Crippen LogP contribution in [0.4, 0.5) is 8.78 Å². The van der Waals surface area contributed by atoms with E-state index in [-0.39, 0.29) is 23.3 Å². The van der Waals surface area contributed by atoms with Crippen molar-refractivity contribution in [2.75, 3.05) is 6.54 Å². The molecule has 1 fully saturated rings. The van der Waals surface area contributed by atoms with E-state index in [0.29, 0.717) is 6.54 Å². The van der Waals surface area contributed by atoms with E-state index in [2.05, 4.69) is 4.74 Å². The number of para-hydroxylation sites is 2. The minimum atomic E-state index is -2.97. The lowest BCUT2D eigenvalue weighted by atomic mass is 10.0. The van der Waals surface area contributed by atoms with Gasteiger partial charge in [0, 0.05) is 6.54 Å². The highest BCUT2D eigenvalue weighted by molar-refractivity contribution is 7.18. The number of aromatic nitrogens is 1. The van der Waals surface area contributed by atoms with Crippen molar-refractivity contribution in [3.63, 3.8) is 0 Å². The fourth-order valence-corrected chi connectivity index (χ4v) is 4.58. The van der Waals surface area contributed by atoms with E-state index in [1.807, 2.05) is 24.3 Å². The van der Waals surface area contributed by atoms with Gasteiger partial charge < -0.3 is 9.64 Å². The standard InChI is InChI=1S/C20H18F2N2O2S/c21-20(22)26-16-10-3-1-7-13(16)19(25)24-12-6-5-9-15(24)18-23-14-8-2-4-11-17(14)27-18/h1-4,7-8,10-11,15,20H,5-6,9,12H2. The van der Waals surface area contributed by atoms with E-state index < -0.39 is 6.61 Å². The number of hydrogen-bond donors (Lipinski definition) is 0. The Bertz CT molecular complexity index is 927. The number of rotatable bonds is 4. The van der Waals surface area contributed by atoms with Crippen LogP contribution in [0.3, 0.4) is 0 Å². The van der Waals surface area contributed by atoms with Gasteiger partial charge in [0.1, 0.15) is 10.8 Å². The highest BCUT2D eigenvalue weighted by Crippen LogP contribution is 2.37. The number of amides is 1. The first-order valence-electron chi connectivity index (χ1n) is 8.84. The highest BCUT2D eigenvalue weighted by Gasteiger charge is 2.32. The predicted octanol–water partition coefficient (Wildman–Crippen LogP) is 5.27. The SMILES string of the molecule is O=C(c1ccccc1OC(F)F)N1CCCCC1c1nc2ccccc2s1. The summed E-state index contributed by atoms with van der Waals surface area (Å²) in [4.78, 5) is 19.6. The van der Waals surface area contributed by atoms with Crippen molar-refractivity contribution in [2.24, 2.45) is 0 Å². The summed E-state index contributed by atoms with van der Waals surface area (Å²) in [5.41, 5.74) is 1.07. The van der Waals surface area contributed by atoms with Crippen molar-refractivity contribution in [1.29, 1.82) is 0 Å². The van der Waals surface area contributed by atoms with Gasteiger partial charge in [-0.1, -0.05) is 24.3 Å². The Hall–Kier alpha value is -2.54. The third kappa shape index (κ3) is 3.64. The lowest BCUT2D eigenvalue weighted by Gasteiger charge is -2.34. The van der Waals surface area contributed by atoms with Gasteiger partial charge in [0.2, 0.25) is 0 Å². The molecule has 4 rings (SSSR count). The van der Waals surface area contributed by atoms with E-state index in [1.54, 1.807) is 28.4 Å². The number of nitrogens with zero attached hydrogens (tertiary/aromatic N) is 2. The number of likely N-dealkylation sites (tertiary alicyclic amines) is 1. The van der Waals surface area contributed by atoms with Crippen molar-refractivity contribution in [3.8, 4) is 5.75 Å². The molecule has 1 aromatic heterocycles. The minimum Gasteiger partial charge on any atom is -0.434 e. The number of halogens is 2. The number of fused-ring (bicyclic) bond motifs is 1. The van der Waals surface area contributed by atoms with Gasteiger partial charge in [0.15, 0.2) is 0 Å². The topological polar surface area (TPSA) is 42.4 Å². The van der Waals surface area contributed by atoms with Gasteiger partial charge in [-0.2, -0.15) is 8.78 Å². The van der Waals surface area contributed by atoms with E-state index in [0.717, 1.165) is 34.5 Å². The van der Waals surface area contributed by atoms with Gasteiger partial charge >= 0.3 is 6.61 Å². The number of alkyl halides is 2. The molecule has 7 heteroatoms. The van der Waals surface area contributed by atoms with Crippen LogP contribution in [-0.4, -0.2) is 28.9 Å². The Morgan fingerprint density at radius 3 is 2.74 bits per heavy atom. The van der Waals surface area contributed by atoms with Crippen LogP contribution in [0.1, 0.15) is 40.7 Å². The quantitative estimate of drug-likeness (QED) is 0.612. The molecule has 4 nitrogen and oxygen atoms in total. The van der Waals surface area contributed by atoms with Crippen LogP contribution in [0, 0.1) is 0 Å². The van der Waals surface area contributed by atoms with Crippen LogP contribution >= 0.6 is 11.3 Å². The van der Waals surface area contributed by atoms with Crippen molar-refractivity contribution >= 4 is 27.5 Å². The zero-order valence-corrected chi connectivity index (χ0v) is 15.3. The molecule has 1 aliphatic rings. The molecule has 0 aliphatic carbocycles. The Balaban J connectivity index is 1.67. The van der Waals surface area contributed by atoms with Gasteiger partial charge in [-0.05, 0) is 43.5 Å². The minimum absolute atomic E-state index is 0.0916. The smallest absolute Gasteiger partial charge is 0.387 e. The average Bonchev–Trinajstić information content (AvgIpc) is 3.11. The van der Waals surface area contributed by atoms with E-state index >= 15 is 0 Å². The van der Waals surface area contributed by atoms with Crippen molar-refractivity contribution in [1.82, 2.24) is 9.88 Å². The molecule has 1 aliphatic heterocycles. The van der Waals surface area contributed by atoms with Crippen molar-refractivity contribution < 1.29 is 18.3 Å². The highest BCUT2D eigenvalue weighted by atomic mass is 32.1. The third-order valence-electron chi connectivity index (χ3n) is 4.69. The van der Waals surface area contributed by atoms with Gasteiger partial charge in [0.05, 0.1) is 21.8 Å². The fraction of sp³-hybridized carbons (Fsp3) is 0.300. The van der Waals surface area contributed by atoms with Gasteiger partial charge in [-0.15, -0.1) is 11.3 Å². The second kappa shape index (κ2) is 7.60.